The Balaban J connectivity index is 2.08. The fourth-order valence-corrected chi connectivity index (χ4v) is 9.84. The summed E-state index contributed by atoms with van der Waals surface area (Å²) in [5.41, 5.74) is -0.126. The first-order valence-corrected chi connectivity index (χ1v) is 14.3. The number of halogens is 5. The van der Waals surface area contributed by atoms with E-state index < -0.39 is 22.1 Å². The van der Waals surface area contributed by atoms with Gasteiger partial charge in [-0.05, 0) is 137 Å². The molecule has 0 unspecified atom stereocenters. The minimum atomic E-state index is -4.42. The van der Waals surface area contributed by atoms with Gasteiger partial charge in [-0.25, -0.2) is 4.79 Å². The fourth-order valence-electron chi connectivity index (χ4n) is 2.04. The Hall–Kier alpha value is 0.680. The first kappa shape index (κ1) is 26.9. The van der Waals surface area contributed by atoms with Crippen molar-refractivity contribution < 1.29 is 32.0 Å². The average molecular weight is 992 g/mol. The number of hydrogen-bond acceptors (Lipinski definition) is 6. The molecule has 0 spiro atoms. The van der Waals surface area contributed by atoms with Crippen LogP contribution in [0.4, 0.5) is 0 Å². The van der Waals surface area contributed by atoms with Gasteiger partial charge >= 0.3 is 11.9 Å². The monoisotopic (exact) mass is 992 g/mol. The van der Waals surface area contributed by atoms with E-state index >= 15 is 0 Å². The predicted molar refractivity (Wildman–Crippen MR) is 151 cm³/mol. The maximum absolute atomic E-state index is 12.3. The van der Waals surface area contributed by atoms with Crippen molar-refractivity contribution >= 4 is 135 Å². The SMILES string of the molecule is C=C(CC(=O)Oc1c(I)cc(I)cc1I)C(=O)Oc1cc(I)c(S(=O)(=O)O)c(I)c1. The van der Waals surface area contributed by atoms with E-state index in [4.69, 9.17) is 9.47 Å². The van der Waals surface area contributed by atoms with Crippen molar-refractivity contribution in [3.05, 3.63) is 54.3 Å². The lowest BCUT2D eigenvalue weighted by atomic mass is 10.2. The molecule has 2 aromatic rings. The molecule has 0 aliphatic rings. The lowest BCUT2D eigenvalue weighted by Gasteiger charge is -2.11. The zero-order valence-corrected chi connectivity index (χ0v) is 26.0. The molecule has 2 rings (SSSR count). The van der Waals surface area contributed by atoms with E-state index in [1.165, 1.54) is 12.1 Å². The van der Waals surface area contributed by atoms with Crippen molar-refractivity contribution in [3.8, 4) is 11.5 Å². The van der Waals surface area contributed by atoms with E-state index in [0.29, 0.717) is 5.75 Å². The molecule has 30 heavy (non-hydrogen) atoms. The van der Waals surface area contributed by atoms with Crippen LogP contribution in [0.15, 0.2) is 41.3 Å². The van der Waals surface area contributed by atoms with Crippen LogP contribution >= 0.6 is 113 Å². The summed E-state index contributed by atoms with van der Waals surface area (Å²) in [6, 6.07) is 6.28. The molecule has 13 heteroatoms. The topological polar surface area (TPSA) is 107 Å². The molecule has 1 N–H and O–H groups in total. The third-order valence-corrected chi connectivity index (χ3v) is 8.88. The molecular formula is C17H9I5O7S. The molecule has 0 saturated heterocycles. The summed E-state index contributed by atoms with van der Waals surface area (Å²) < 4.78 is 45.5. The number of hydrogen-bond donors (Lipinski definition) is 1. The fraction of sp³-hybridized carbons (Fsp3) is 0.0588. The molecule has 0 aliphatic heterocycles. The van der Waals surface area contributed by atoms with Crippen LogP contribution in [0.2, 0.25) is 0 Å². The zero-order chi connectivity index (χ0) is 22.8. The van der Waals surface area contributed by atoms with E-state index in [9.17, 15) is 22.6 Å². The summed E-state index contributed by atoms with van der Waals surface area (Å²) in [5, 5.41) is 0. The van der Waals surface area contributed by atoms with E-state index in [1.54, 1.807) is 45.2 Å². The van der Waals surface area contributed by atoms with Crippen molar-refractivity contribution in [1.82, 2.24) is 0 Å². The molecule has 0 aromatic heterocycles. The van der Waals surface area contributed by atoms with Crippen molar-refractivity contribution in [1.29, 1.82) is 0 Å². The lowest BCUT2D eigenvalue weighted by Crippen LogP contribution is -2.17. The molecule has 0 radical (unpaired) electrons. The van der Waals surface area contributed by atoms with Crippen LogP contribution in [-0.2, 0) is 19.7 Å². The third-order valence-electron chi connectivity index (χ3n) is 3.27. The van der Waals surface area contributed by atoms with Crippen molar-refractivity contribution in [2.75, 3.05) is 0 Å². The van der Waals surface area contributed by atoms with Gasteiger partial charge < -0.3 is 9.47 Å². The Morgan fingerprint density at radius 3 is 1.87 bits per heavy atom. The first-order chi connectivity index (χ1) is 13.8. The maximum Gasteiger partial charge on any atom is 0.339 e. The van der Waals surface area contributed by atoms with Gasteiger partial charge in [0.2, 0.25) is 0 Å². The number of esters is 2. The molecule has 0 saturated carbocycles. The molecule has 0 heterocycles. The molecule has 0 atom stereocenters. The quantitative estimate of drug-likeness (QED) is 0.136. The van der Waals surface area contributed by atoms with Gasteiger partial charge in [0.15, 0.2) is 5.75 Å². The van der Waals surface area contributed by atoms with Gasteiger partial charge in [-0.15, -0.1) is 0 Å². The highest BCUT2D eigenvalue weighted by atomic mass is 127. The normalized spacial score (nSPS) is 11.1. The number of carbonyl (C=O) groups excluding carboxylic acids is 2. The molecular weight excluding hydrogens is 983 g/mol. The van der Waals surface area contributed by atoms with E-state index in [2.05, 4.69) is 74.4 Å². The van der Waals surface area contributed by atoms with E-state index in [1.807, 2.05) is 12.1 Å². The summed E-state index contributed by atoms with van der Waals surface area (Å²) in [5.74, 6) is -1.06. The second-order valence-electron chi connectivity index (χ2n) is 5.53. The van der Waals surface area contributed by atoms with Crippen molar-refractivity contribution in [2.24, 2.45) is 0 Å². The summed E-state index contributed by atoms with van der Waals surface area (Å²) in [6.45, 7) is 3.57. The standard InChI is InChI=1S/C17H9I5O7S/c1-7(2-14(23)29-15-10(19)3-8(18)4-11(15)20)17(24)28-9-5-12(21)16(13(22)6-9)30(25,26)27/h3-6H,1-2H2,(H,25,26,27). The van der Waals surface area contributed by atoms with Gasteiger partial charge in [-0.2, -0.15) is 8.42 Å². The molecule has 0 fully saturated rings. The summed E-state index contributed by atoms with van der Waals surface area (Å²) in [7, 11) is -4.42. The van der Waals surface area contributed by atoms with E-state index in [0.717, 1.165) is 10.7 Å². The van der Waals surface area contributed by atoms with Crippen LogP contribution in [0.5, 0.6) is 11.5 Å². The number of rotatable bonds is 6. The smallest absolute Gasteiger partial charge is 0.339 e. The van der Waals surface area contributed by atoms with Crippen LogP contribution < -0.4 is 9.47 Å². The second-order valence-corrected chi connectivity index (χ2v) is 12.8. The Labute approximate surface area is 240 Å². The molecule has 0 amide bonds. The van der Waals surface area contributed by atoms with Crippen LogP contribution in [0.25, 0.3) is 0 Å². The predicted octanol–water partition coefficient (Wildman–Crippen LogP) is 5.41. The highest BCUT2D eigenvalue weighted by molar-refractivity contribution is 14.1. The maximum atomic E-state index is 12.3. The highest BCUT2D eigenvalue weighted by Crippen LogP contribution is 2.31. The number of ether oxygens (including phenoxy) is 2. The van der Waals surface area contributed by atoms with Gasteiger partial charge in [0.1, 0.15) is 10.6 Å². The lowest BCUT2D eigenvalue weighted by molar-refractivity contribution is -0.137. The summed E-state index contributed by atoms with van der Waals surface area (Å²) in [4.78, 5) is 24.2. The summed E-state index contributed by atoms with van der Waals surface area (Å²) in [6.07, 6.45) is -0.381. The largest absolute Gasteiger partial charge is 0.424 e. The molecule has 0 aliphatic carbocycles. The van der Waals surface area contributed by atoms with Crippen LogP contribution in [0, 0.1) is 17.9 Å². The van der Waals surface area contributed by atoms with Gasteiger partial charge in [-0.3, -0.25) is 9.35 Å². The minimum absolute atomic E-state index is 0.0532. The summed E-state index contributed by atoms with van der Waals surface area (Å²) >= 11 is 9.69. The van der Waals surface area contributed by atoms with Gasteiger partial charge in [-0.1, -0.05) is 6.58 Å². The Kier molecular flexibility index (Phi) is 10.1. The van der Waals surface area contributed by atoms with Crippen LogP contribution in [-0.4, -0.2) is 24.9 Å². The Morgan fingerprint density at radius 1 is 0.900 bits per heavy atom. The Bertz CT molecular complexity index is 1120. The molecule has 160 valence electrons. The Morgan fingerprint density at radius 2 is 1.40 bits per heavy atom. The third kappa shape index (κ3) is 7.35. The average Bonchev–Trinajstić information content (AvgIpc) is 2.55. The minimum Gasteiger partial charge on any atom is -0.424 e. The molecule has 2 aromatic carbocycles. The van der Waals surface area contributed by atoms with E-state index in [-0.39, 0.29) is 29.8 Å². The van der Waals surface area contributed by atoms with Crippen molar-refractivity contribution in [3.63, 3.8) is 0 Å². The zero-order valence-electron chi connectivity index (χ0n) is 14.4. The first-order valence-electron chi connectivity index (χ1n) is 7.51. The number of carbonyl (C=O) groups is 2. The van der Waals surface area contributed by atoms with Gasteiger partial charge in [0.25, 0.3) is 10.1 Å². The van der Waals surface area contributed by atoms with Crippen LogP contribution in [0.1, 0.15) is 6.42 Å². The highest BCUT2D eigenvalue weighted by Gasteiger charge is 2.22. The molecule has 7 nitrogen and oxygen atoms in total. The van der Waals surface area contributed by atoms with Gasteiger partial charge in [0, 0.05) is 16.3 Å². The van der Waals surface area contributed by atoms with Crippen molar-refractivity contribution in [2.45, 2.75) is 11.3 Å². The van der Waals surface area contributed by atoms with Crippen LogP contribution in [0.3, 0.4) is 0 Å². The number of benzene rings is 2. The second kappa shape index (κ2) is 11.2. The molecule has 0 bridgehead atoms. The van der Waals surface area contributed by atoms with Gasteiger partial charge in [0.05, 0.1) is 13.6 Å².